The van der Waals surface area contributed by atoms with Gasteiger partial charge in [-0.1, -0.05) is 107 Å². The number of allylic oxidation sites excluding steroid dienone is 1. The molecule has 1 saturated carbocycles. The number of anilines is 1. The Morgan fingerprint density at radius 3 is 2.23 bits per heavy atom. The molecule has 2 aliphatic carbocycles. The van der Waals surface area contributed by atoms with E-state index in [1.54, 1.807) is 60.6 Å². The third-order valence-corrected chi connectivity index (χ3v) is 14.4. The van der Waals surface area contributed by atoms with Crippen molar-refractivity contribution in [2.24, 2.45) is 22.9 Å². The largest absolute Gasteiger partial charge is 0.497 e. The third kappa shape index (κ3) is 15.0. The highest BCUT2D eigenvalue weighted by molar-refractivity contribution is 6.03. The molecule has 0 saturated heterocycles. The highest BCUT2D eigenvalue weighted by Crippen LogP contribution is 2.62. The lowest BCUT2D eigenvalue weighted by Crippen LogP contribution is -2.70. The molecule has 0 radical (unpaired) electrons. The minimum absolute atomic E-state index is 0.0234. The minimum atomic E-state index is -1.57. The van der Waals surface area contributed by atoms with E-state index in [4.69, 9.17) is 38.4 Å². The Morgan fingerprint density at radius 1 is 0.863 bits per heavy atom. The summed E-state index contributed by atoms with van der Waals surface area (Å²) in [7, 11) is 3.04. The van der Waals surface area contributed by atoms with Crippen molar-refractivity contribution in [1.29, 1.82) is 0 Å². The highest BCUT2D eigenvalue weighted by atomic mass is 19.1. The first kappa shape index (κ1) is 56.7. The predicted molar refractivity (Wildman–Crippen MR) is 281 cm³/mol. The zero-order chi connectivity index (χ0) is 52.0. The van der Waals surface area contributed by atoms with Gasteiger partial charge in [-0.05, 0) is 104 Å². The molecule has 400 valence electrons. The lowest BCUT2D eigenvalue weighted by atomic mass is 9.55. The number of benzene rings is 3. The summed E-state index contributed by atoms with van der Waals surface area (Å²) in [6, 6.07) is 15.5. The molecule has 6 atom stereocenters. The molecule has 0 spiro atoms. The average molecular weight is 1010 g/mol. The van der Waals surface area contributed by atoms with E-state index in [0.717, 1.165) is 43.2 Å². The quantitative estimate of drug-likeness (QED) is 0.0319. The van der Waals surface area contributed by atoms with E-state index < -0.39 is 35.8 Å². The number of rotatable bonds is 31. The number of carbonyl (C=O) groups is 2. The van der Waals surface area contributed by atoms with E-state index in [0.29, 0.717) is 72.9 Å². The summed E-state index contributed by atoms with van der Waals surface area (Å²) >= 11 is 0. The molecule has 15 heteroatoms. The Kier molecular flexibility index (Phi) is 22.7. The van der Waals surface area contributed by atoms with Crippen LogP contribution in [-0.4, -0.2) is 92.1 Å². The lowest BCUT2D eigenvalue weighted by molar-refractivity contribution is -0.256. The van der Waals surface area contributed by atoms with Crippen LogP contribution >= 0.6 is 0 Å². The number of nitrogens with one attached hydrogen (secondary N) is 1. The van der Waals surface area contributed by atoms with Gasteiger partial charge in [0.25, 0.3) is 0 Å². The van der Waals surface area contributed by atoms with E-state index in [-0.39, 0.29) is 62.9 Å². The van der Waals surface area contributed by atoms with Crippen molar-refractivity contribution in [3.8, 4) is 23.0 Å². The number of methoxy groups -OCH3 is 2. The van der Waals surface area contributed by atoms with E-state index in [1.807, 2.05) is 13.0 Å². The van der Waals surface area contributed by atoms with Gasteiger partial charge >= 0.3 is 12.2 Å². The zero-order valence-corrected chi connectivity index (χ0v) is 43.6. The number of amides is 2. The van der Waals surface area contributed by atoms with Crippen LogP contribution in [0.15, 0.2) is 90.1 Å². The minimum Gasteiger partial charge on any atom is -0.497 e. The molecule has 3 N–H and O–H groups in total. The summed E-state index contributed by atoms with van der Waals surface area (Å²) in [6.45, 7) is 8.83. The maximum atomic E-state index is 15.0. The van der Waals surface area contributed by atoms with Crippen LogP contribution in [0.4, 0.5) is 19.7 Å². The molecule has 3 aromatic carbocycles. The van der Waals surface area contributed by atoms with Gasteiger partial charge in [0.2, 0.25) is 5.79 Å². The number of fused-ring (bicyclic) bond motifs is 2. The molecule has 6 rings (SSSR count). The summed E-state index contributed by atoms with van der Waals surface area (Å²) < 4.78 is 52.0. The summed E-state index contributed by atoms with van der Waals surface area (Å²) in [5.74, 6) is -1.40. The zero-order valence-electron chi connectivity index (χ0n) is 43.6. The fourth-order valence-electron chi connectivity index (χ4n) is 10.9. The number of halogens is 1. The Bertz CT molecular complexity index is 2270. The Morgan fingerprint density at radius 2 is 1.56 bits per heavy atom. The van der Waals surface area contributed by atoms with Crippen LogP contribution in [0.25, 0.3) is 0 Å². The Hall–Kier alpha value is -5.64. The van der Waals surface area contributed by atoms with Crippen molar-refractivity contribution in [1.82, 2.24) is 4.90 Å². The van der Waals surface area contributed by atoms with E-state index >= 15 is 0 Å². The lowest BCUT2D eigenvalue weighted by Gasteiger charge is -2.59. The number of unbranched alkanes of at least 4 members (excludes halogenated alkanes) is 11. The van der Waals surface area contributed by atoms with Crippen LogP contribution in [0.1, 0.15) is 140 Å². The summed E-state index contributed by atoms with van der Waals surface area (Å²) in [5.41, 5.74) is 3.31. The van der Waals surface area contributed by atoms with Crippen molar-refractivity contribution in [2.45, 2.75) is 147 Å². The molecule has 73 heavy (non-hydrogen) atoms. The normalized spacial score (nSPS) is 21.2. The van der Waals surface area contributed by atoms with Crippen molar-refractivity contribution < 1.29 is 57.5 Å². The van der Waals surface area contributed by atoms with Crippen molar-refractivity contribution in [3.63, 3.8) is 0 Å². The number of carbonyl (C=O) groups excluding carboxylic acids is 2. The van der Waals surface area contributed by atoms with Gasteiger partial charge in [0, 0.05) is 43.7 Å². The fraction of sp³-hybridized carbons (Fsp3) is 0.569. The number of oxime groups is 1. The van der Waals surface area contributed by atoms with Crippen LogP contribution < -0.4 is 24.3 Å². The number of nitrogens with zero attached hydrogens (tertiary/aromatic N) is 2. The number of aliphatic hydroxyl groups is 2. The SMILES string of the molecule is C=CCOC12Oc3ccc(OC(=O)Nc4ccc(OC)cc4OC)cc3C3C(CCCCO)C(CCCCO)C=C(C(=NOCC)CC1N(Cc1ccc(F)cc1)C(=O)OCCCCCCCCCCCC)C32. The van der Waals surface area contributed by atoms with Gasteiger partial charge in [-0.15, -0.1) is 6.58 Å². The topological polar surface area (TPSA) is 167 Å². The average Bonchev–Trinajstić information content (AvgIpc) is 3.40. The molecular formula is C58H80FN3O11. The van der Waals surface area contributed by atoms with Crippen LogP contribution in [-0.2, 0) is 20.9 Å². The molecular weight excluding hydrogens is 934 g/mol. The van der Waals surface area contributed by atoms with Gasteiger partial charge in [-0.3, -0.25) is 10.2 Å². The monoisotopic (exact) mass is 1010 g/mol. The number of hydrogen-bond donors (Lipinski definition) is 3. The van der Waals surface area contributed by atoms with Crippen LogP contribution in [0.5, 0.6) is 23.0 Å². The molecule has 2 amide bonds. The molecule has 0 aromatic heterocycles. The molecule has 1 heterocycles. The van der Waals surface area contributed by atoms with Gasteiger partial charge in [-0.25, -0.2) is 14.0 Å². The van der Waals surface area contributed by atoms with Gasteiger partial charge < -0.3 is 43.5 Å². The molecule has 3 aliphatic rings. The van der Waals surface area contributed by atoms with E-state index in [1.165, 1.54) is 57.8 Å². The van der Waals surface area contributed by atoms with Gasteiger partial charge in [0.1, 0.15) is 41.5 Å². The second kappa shape index (κ2) is 29.3. The number of aliphatic hydroxyl groups excluding tert-OH is 2. The third-order valence-electron chi connectivity index (χ3n) is 14.4. The molecule has 3 aromatic rings. The summed E-state index contributed by atoms with van der Waals surface area (Å²) in [6.07, 6.45) is 18.3. The van der Waals surface area contributed by atoms with Crippen LogP contribution in [0, 0.1) is 23.6 Å². The standard InChI is InChI=1S/C58H80FN3O11/c1-6-9-10-11-12-13-14-15-16-21-35-69-57(66)62(40-41-24-26-43(59)27-25-41)53-39-50(61-71-8-3)47-36-42(22-17-19-32-63)46(23-18-20-33-64)54-48-37-45(29-31-51(48)73-58(53,55(47)54)70-34-7-2)72-56(65)60-49-30-28-44(67-4)38-52(49)68-5/h7,24-31,36-38,42,46,53-55,63-64H,2,6,8-23,32-35,39-40H2,1,3-5H3,(H,60,65). The van der Waals surface area contributed by atoms with E-state index in [2.05, 4.69) is 24.9 Å². The Balaban J connectivity index is 1.44. The first-order valence-electron chi connectivity index (χ1n) is 26.7. The molecule has 1 fully saturated rings. The van der Waals surface area contributed by atoms with Gasteiger partial charge in [0.15, 0.2) is 0 Å². The Labute approximate surface area is 432 Å². The van der Waals surface area contributed by atoms with Crippen molar-refractivity contribution in [2.75, 3.05) is 52.6 Å². The molecule has 1 aliphatic heterocycles. The first-order chi connectivity index (χ1) is 35.6. The molecule has 6 unspecified atom stereocenters. The van der Waals surface area contributed by atoms with Crippen molar-refractivity contribution in [3.05, 3.63) is 102 Å². The fourth-order valence-corrected chi connectivity index (χ4v) is 10.9. The van der Waals surface area contributed by atoms with E-state index in [9.17, 15) is 24.2 Å². The first-order valence-corrected chi connectivity index (χ1v) is 26.7. The molecule has 14 nitrogen and oxygen atoms in total. The van der Waals surface area contributed by atoms with Gasteiger partial charge in [-0.2, -0.15) is 0 Å². The second-order valence-electron chi connectivity index (χ2n) is 19.3. The highest BCUT2D eigenvalue weighted by Gasteiger charge is 2.65. The molecule has 0 bridgehead atoms. The maximum absolute atomic E-state index is 15.0. The summed E-state index contributed by atoms with van der Waals surface area (Å²) in [5, 5.41) is 27.6. The second-order valence-corrected chi connectivity index (χ2v) is 19.3. The number of ether oxygens (including phenoxy) is 6. The number of hydrogen-bond acceptors (Lipinski definition) is 12. The smallest absolute Gasteiger partial charge is 0.417 e. The van der Waals surface area contributed by atoms with Crippen LogP contribution in [0.3, 0.4) is 0 Å². The van der Waals surface area contributed by atoms with Gasteiger partial charge in [0.05, 0.1) is 44.8 Å². The van der Waals surface area contributed by atoms with Crippen LogP contribution in [0.2, 0.25) is 0 Å². The summed E-state index contributed by atoms with van der Waals surface area (Å²) in [4.78, 5) is 36.2. The predicted octanol–water partition coefficient (Wildman–Crippen LogP) is 12.7. The maximum Gasteiger partial charge on any atom is 0.417 e. The van der Waals surface area contributed by atoms with Crippen molar-refractivity contribution >= 4 is 23.6 Å².